The Balaban J connectivity index is 1.74. The predicted octanol–water partition coefficient (Wildman–Crippen LogP) is 4.29. The van der Waals surface area contributed by atoms with Crippen LogP contribution in [0.3, 0.4) is 0 Å². The van der Waals surface area contributed by atoms with Gasteiger partial charge in [-0.25, -0.2) is 9.48 Å². The molecule has 0 aliphatic carbocycles. The smallest absolute Gasteiger partial charge is 0.342 e. The van der Waals surface area contributed by atoms with Gasteiger partial charge in [-0.1, -0.05) is 35.9 Å². The van der Waals surface area contributed by atoms with E-state index in [0.29, 0.717) is 22.6 Å². The molecule has 150 valence electrons. The number of aromatic nitrogens is 2. The molecular weight excluding hydrogens is 366 g/mol. The molecule has 1 amide bonds. The van der Waals surface area contributed by atoms with E-state index in [0.717, 1.165) is 16.8 Å². The first-order chi connectivity index (χ1) is 13.8. The standard InChI is InChI=1S/C23H25N3O3/c1-14-11-12-20(15(2)13-14)24-22(27)18(5)29-23(28)21-16(3)25-26(17(21)4)19-9-7-6-8-10-19/h6-13,18H,1-5H3,(H,24,27)/t18-/m1/s1. The van der Waals surface area contributed by atoms with Gasteiger partial charge < -0.3 is 10.1 Å². The van der Waals surface area contributed by atoms with Crippen molar-refractivity contribution in [1.29, 1.82) is 0 Å². The van der Waals surface area contributed by atoms with Crippen LogP contribution >= 0.6 is 0 Å². The fourth-order valence-corrected chi connectivity index (χ4v) is 3.22. The maximum atomic E-state index is 12.8. The summed E-state index contributed by atoms with van der Waals surface area (Å²) < 4.78 is 7.14. The second-order valence-corrected chi connectivity index (χ2v) is 7.15. The van der Waals surface area contributed by atoms with Gasteiger partial charge in [0, 0.05) is 5.69 Å². The average molecular weight is 391 g/mol. The Morgan fingerprint density at radius 2 is 1.72 bits per heavy atom. The van der Waals surface area contributed by atoms with Crippen LogP contribution < -0.4 is 5.32 Å². The first-order valence-corrected chi connectivity index (χ1v) is 9.48. The lowest BCUT2D eigenvalue weighted by Gasteiger charge is -2.15. The number of amides is 1. The van der Waals surface area contributed by atoms with Gasteiger partial charge in [0.15, 0.2) is 6.10 Å². The number of nitrogens with one attached hydrogen (secondary N) is 1. The van der Waals surface area contributed by atoms with Gasteiger partial charge in [0.2, 0.25) is 0 Å². The van der Waals surface area contributed by atoms with Gasteiger partial charge in [-0.3, -0.25) is 4.79 Å². The summed E-state index contributed by atoms with van der Waals surface area (Å²) >= 11 is 0. The number of hydrogen-bond acceptors (Lipinski definition) is 4. The highest BCUT2D eigenvalue weighted by Crippen LogP contribution is 2.20. The average Bonchev–Trinajstić information content (AvgIpc) is 2.98. The molecule has 0 saturated heterocycles. The van der Waals surface area contributed by atoms with Crippen LogP contribution in [0.25, 0.3) is 5.69 Å². The highest BCUT2D eigenvalue weighted by Gasteiger charge is 2.25. The predicted molar refractivity (Wildman–Crippen MR) is 112 cm³/mol. The Bertz CT molecular complexity index is 1050. The highest BCUT2D eigenvalue weighted by atomic mass is 16.5. The lowest BCUT2D eigenvalue weighted by Crippen LogP contribution is -2.30. The maximum Gasteiger partial charge on any atom is 0.342 e. The number of aryl methyl sites for hydroxylation is 3. The van der Waals surface area contributed by atoms with Gasteiger partial charge >= 0.3 is 5.97 Å². The van der Waals surface area contributed by atoms with E-state index in [1.54, 1.807) is 18.5 Å². The molecule has 1 heterocycles. The van der Waals surface area contributed by atoms with Gasteiger partial charge in [0.05, 0.1) is 17.1 Å². The Kier molecular flexibility index (Phi) is 5.82. The van der Waals surface area contributed by atoms with E-state index in [1.165, 1.54) is 0 Å². The van der Waals surface area contributed by atoms with E-state index < -0.39 is 12.1 Å². The minimum absolute atomic E-state index is 0.375. The van der Waals surface area contributed by atoms with Crippen molar-refractivity contribution < 1.29 is 14.3 Å². The molecule has 0 spiro atoms. The number of esters is 1. The second-order valence-electron chi connectivity index (χ2n) is 7.15. The molecule has 0 bridgehead atoms. The molecule has 1 N–H and O–H groups in total. The fourth-order valence-electron chi connectivity index (χ4n) is 3.22. The van der Waals surface area contributed by atoms with Crippen LogP contribution in [0.1, 0.15) is 39.8 Å². The van der Waals surface area contributed by atoms with E-state index in [2.05, 4.69) is 10.4 Å². The summed E-state index contributed by atoms with van der Waals surface area (Å²) in [6.07, 6.45) is -0.943. The number of benzene rings is 2. The quantitative estimate of drug-likeness (QED) is 0.659. The molecular formula is C23H25N3O3. The molecule has 29 heavy (non-hydrogen) atoms. The zero-order valence-electron chi connectivity index (χ0n) is 17.3. The first kappa shape index (κ1) is 20.3. The van der Waals surface area contributed by atoms with Crippen molar-refractivity contribution in [2.75, 3.05) is 5.32 Å². The summed E-state index contributed by atoms with van der Waals surface area (Å²) in [5.74, 6) is -0.943. The Morgan fingerprint density at radius 3 is 2.38 bits per heavy atom. The number of carbonyl (C=O) groups is 2. The molecule has 3 aromatic rings. The maximum absolute atomic E-state index is 12.8. The number of carbonyl (C=O) groups excluding carboxylic acids is 2. The molecule has 6 heteroatoms. The van der Waals surface area contributed by atoms with Crippen molar-refractivity contribution in [3.05, 3.63) is 76.6 Å². The van der Waals surface area contributed by atoms with Crippen LogP contribution in [-0.4, -0.2) is 27.8 Å². The Hall–Kier alpha value is -3.41. The molecule has 0 fully saturated rings. The molecule has 0 aliphatic rings. The molecule has 0 radical (unpaired) electrons. The van der Waals surface area contributed by atoms with Crippen LogP contribution in [0, 0.1) is 27.7 Å². The van der Waals surface area contributed by atoms with Crippen molar-refractivity contribution in [2.24, 2.45) is 0 Å². The minimum Gasteiger partial charge on any atom is -0.449 e. The molecule has 1 aromatic heterocycles. The Labute approximate surface area is 170 Å². The summed E-state index contributed by atoms with van der Waals surface area (Å²) in [5, 5.41) is 7.27. The number of anilines is 1. The summed E-state index contributed by atoms with van der Waals surface area (Å²) in [5.41, 5.74) is 5.22. The van der Waals surface area contributed by atoms with Gasteiger partial charge in [-0.05, 0) is 58.4 Å². The Morgan fingerprint density at radius 1 is 1.03 bits per heavy atom. The molecule has 2 aromatic carbocycles. The lowest BCUT2D eigenvalue weighted by molar-refractivity contribution is -0.123. The van der Waals surface area contributed by atoms with Gasteiger partial charge in [0.1, 0.15) is 5.56 Å². The van der Waals surface area contributed by atoms with Gasteiger partial charge in [0.25, 0.3) is 5.91 Å². The van der Waals surface area contributed by atoms with Gasteiger partial charge in [-0.2, -0.15) is 5.10 Å². The minimum atomic E-state index is -0.943. The van der Waals surface area contributed by atoms with Crippen molar-refractivity contribution >= 4 is 17.6 Å². The van der Waals surface area contributed by atoms with Crippen LogP contribution in [-0.2, 0) is 9.53 Å². The second kappa shape index (κ2) is 8.31. The third-order valence-electron chi connectivity index (χ3n) is 4.79. The van der Waals surface area contributed by atoms with Crippen molar-refractivity contribution in [1.82, 2.24) is 9.78 Å². The van der Waals surface area contributed by atoms with Crippen molar-refractivity contribution in [3.63, 3.8) is 0 Å². The SMILES string of the molecule is Cc1ccc(NC(=O)[C@@H](C)OC(=O)c2c(C)nn(-c3ccccc3)c2C)c(C)c1. The fraction of sp³-hybridized carbons (Fsp3) is 0.261. The number of rotatable bonds is 5. The van der Waals surface area contributed by atoms with E-state index in [-0.39, 0.29) is 5.91 Å². The molecule has 0 aliphatic heterocycles. The van der Waals surface area contributed by atoms with Crippen LogP contribution in [0.4, 0.5) is 5.69 Å². The monoisotopic (exact) mass is 391 g/mol. The number of nitrogens with zero attached hydrogens (tertiary/aromatic N) is 2. The molecule has 0 unspecified atom stereocenters. The first-order valence-electron chi connectivity index (χ1n) is 9.48. The summed E-state index contributed by atoms with van der Waals surface area (Å²) in [7, 11) is 0. The van der Waals surface area contributed by atoms with Crippen molar-refractivity contribution in [3.8, 4) is 5.69 Å². The number of hydrogen-bond donors (Lipinski definition) is 1. The number of para-hydroxylation sites is 1. The third kappa shape index (κ3) is 4.37. The summed E-state index contributed by atoms with van der Waals surface area (Å²) in [6, 6.07) is 15.3. The van der Waals surface area contributed by atoms with E-state index in [9.17, 15) is 9.59 Å². The topological polar surface area (TPSA) is 73.2 Å². The van der Waals surface area contributed by atoms with Crippen LogP contribution in [0.15, 0.2) is 48.5 Å². The van der Waals surface area contributed by atoms with E-state index >= 15 is 0 Å². The molecule has 1 atom stereocenters. The largest absolute Gasteiger partial charge is 0.449 e. The zero-order valence-corrected chi connectivity index (χ0v) is 17.3. The van der Waals surface area contributed by atoms with Crippen molar-refractivity contribution in [2.45, 2.75) is 40.7 Å². The molecule has 3 rings (SSSR count). The lowest BCUT2D eigenvalue weighted by atomic mass is 10.1. The normalized spacial score (nSPS) is 11.8. The van der Waals surface area contributed by atoms with Gasteiger partial charge in [-0.15, -0.1) is 0 Å². The van der Waals surface area contributed by atoms with E-state index in [1.807, 2.05) is 69.3 Å². The van der Waals surface area contributed by atoms with Crippen LogP contribution in [0.5, 0.6) is 0 Å². The third-order valence-corrected chi connectivity index (χ3v) is 4.79. The summed E-state index contributed by atoms with van der Waals surface area (Å²) in [6.45, 7) is 9.03. The highest BCUT2D eigenvalue weighted by molar-refractivity contribution is 5.98. The number of ether oxygens (including phenoxy) is 1. The zero-order chi connectivity index (χ0) is 21.1. The molecule has 0 saturated carbocycles. The van der Waals surface area contributed by atoms with E-state index in [4.69, 9.17) is 4.74 Å². The van der Waals surface area contributed by atoms with Crippen LogP contribution in [0.2, 0.25) is 0 Å². The molecule has 6 nitrogen and oxygen atoms in total. The summed E-state index contributed by atoms with van der Waals surface area (Å²) in [4.78, 5) is 25.3.